The fourth-order valence-electron chi connectivity index (χ4n) is 6.28. The van der Waals surface area contributed by atoms with Crippen molar-refractivity contribution in [1.29, 1.82) is 0 Å². The molecule has 232 valence electrons. The molecule has 0 bridgehead atoms. The van der Waals surface area contributed by atoms with Gasteiger partial charge in [0.15, 0.2) is 5.65 Å². The molecule has 0 radical (unpaired) electrons. The Bertz CT molecular complexity index is 1830. The molecule has 2 aliphatic rings. The van der Waals surface area contributed by atoms with Crippen LogP contribution in [-0.4, -0.2) is 43.5 Å². The highest BCUT2D eigenvalue weighted by atomic mass is 16.5. The summed E-state index contributed by atoms with van der Waals surface area (Å²) in [6.45, 7) is 10.4. The van der Waals surface area contributed by atoms with Gasteiger partial charge in [0, 0.05) is 24.6 Å². The number of urea groups is 1. The SMILES string of the molecule is Cc1ccc(-n2nc(C(C)(C)C)cc2NC(=O)N[C@H]2CC[C@@H](Oc3ccc4nnc(N5CCCC5)n4c3)c3ccccc32)cc1. The highest BCUT2D eigenvalue weighted by Crippen LogP contribution is 2.39. The lowest BCUT2D eigenvalue weighted by Gasteiger charge is -2.32. The monoisotopic (exact) mass is 604 g/mol. The van der Waals surface area contributed by atoms with Crippen LogP contribution >= 0.6 is 0 Å². The van der Waals surface area contributed by atoms with Gasteiger partial charge in [-0.3, -0.25) is 9.72 Å². The molecule has 10 nitrogen and oxygen atoms in total. The van der Waals surface area contributed by atoms with Gasteiger partial charge in [0.1, 0.15) is 17.7 Å². The van der Waals surface area contributed by atoms with Crippen LogP contribution in [0.15, 0.2) is 72.9 Å². The second-order valence-corrected chi connectivity index (χ2v) is 13.2. The van der Waals surface area contributed by atoms with E-state index in [1.165, 1.54) is 18.4 Å². The molecule has 1 aliphatic heterocycles. The third kappa shape index (κ3) is 5.84. The van der Waals surface area contributed by atoms with Crippen LogP contribution in [0.5, 0.6) is 5.75 Å². The van der Waals surface area contributed by atoms with E-state index in [0.717, 1.165) is 65.8 Å². The van der Waals surface area contributed by atoms with Crippen molar-refractivity contribution in [2.75, 3.05) is 23.3 Å². The average molecular weight is 605 g/mol. The molecule has 7 rings (SSSR count). The van der Waals surface area contributed by atoms with Crippen LogP contribution in [0.2, 0.25) is 0 Å². The molecular weight excluding hydrogens is 564 g/mol. The molecule has 1 saturated heterocycles. The summed E-state index contributed by atoms with van der Waals surface area (Å²) in [4.78, 5) is 15.8. The van der Waals surface area contributed by atoms with Crippen molar-refractivity contribution < 1.29 is 9.53 Å². The summed E-state index contributed by atoms with van der Waals surface area (Å²) in [6.07, 6.45) is 5.71. The van der Waals surface area contributed by atoms with Crippen molar-refractivity contribution in [3.8, 4) is 11.4 Å². The van der Waals surface area contributed by atoms with Crippen LogP contribution in [0.25, 0.3) is 11.3 Å². The van der Waals surface area contributed by atoms with Gasteiger partial charge in [-0.1, -0.05) is 62.7 Å². The Morgan fingerprint density at radius 1 is 0.933 bits per heavy atom. The Morgan fingerprint density at radius 3 is 2.44 bits per heavy atom. The molecule has 2 amide bonds. The van der Waals surface area contributed by atoms with E-state index in [1.54, 1.807) is 4.68 Å². The number of amides is 2. The van der Waals surface area contributed by atoms with Crippen molar-refractivity contribution in [3.05, 3.63) is 95.3 Å². The minimum atomic E-state index is -0.268. The van der Waals surface area contributed by atoms with Crippen LogP contribution in [0.1, 0.15) is 81.0 Å². The Labute approximate surface area is 263 Å². The fourth-order valence-corrected chi connectivity index (χ4v) is 6.28. The third-order valence-electron chi connectivity index (χ3n) is 8.76. The first-order chi connectivity index (χ1) is 21.7. The van der Waals surface area contributed by atoms with Crippen molar-refractivity contribution in [2.45, 2.75) is 70.9 Å². The zero-order valence-corrected chi connectivity index (χ0v) is 26.3. The minimum absolute atomic E-state index is 0.135. The largest absolute Gasteiger partial charge is 0.484 e. The molecule has 1 aliphatic carbocycles. The maximum absolute atomic E-state index is 13.5. The van der Waals surface area contributed by atoms with Gasteiger partial charge < -0.3 is 15.0 Å². The number of fused-ring (bicyclic) bond motifs is 2. The number of rotatable bonds is 6. The number of hydrogen-bond acceptors (Lipinski definition) is 6. The highest BCUT2D eigenvalue weighted by Gasteiger charge is 2.30. The molecule has 0 saturated carbocycles. The van der Waals surface area contributed by atoms with Crippen LogP contribution < -0.4 is 20.3 Å². The number of carbonyl (C=O) groups excluding carboxylic acids is 1. The van der Waals surface area contributed by atoms with Gasteiger partial charge in [0.2, 0.25) is 5.95 Å². The second-order valence-electron chi connectivity index (χ2n) is 13.2. The summed E-state index contributed by atoms with van der Waals surface area (Å²) in [5.74, 6) is 2.26. The predicted molar refractivity (Wildman–Crippen MR) is 175 cm³/mol. The van der Waals surface area contributed by atoms with E-state index in [0.29, 0.717) is 5.82 Å². The van der Waals surface area contributed by atoms with Gasteiger partial charge in [0.05, 0.1) is 23.6 Å². The molecule has 2 atom stereocenters. The van der Waals surface area contributed by atoms with Gasteiger partial charge in [0.25, 0.3) is 0 Å². The average Bonchev–Trinajstić information content (AvgIpc) is 3.79. The first kappa shape index (κ1) is 28.9. The van der Waals surface area contributed by atoms with Gasteiger partial charge in [-0.2, -0.15) is 5.10 Å². The van der Waals surface area contributed by atoms with Crippen molar-refractivity contribution >= 4 is 23.4 Å². The summed E-state index contributed by atoms with van der Waals surface area (Å²) in [6, 6.07) is 21.8. The van der Waals surface area contributed by atoms with E-state index >= 15 is 0 Å². The molecule has 0 unspecified atom stereocenters. The Morgan fingerprint density at radius 2 is 1.69 bits per heavy atom. The van der Waals surface area contributed by atoms with E-state index in [2.05, 4.69) is 65.6 Å². The summed E-state index contributed by atoms with van der Waals surface area (Å²) in [5, 5.41) is 20.0. The summed E-state index contributed by atoms with van der Waals surface area (Å²) in [5.41, 5.74) is 5.74. The molecule has 45 heavy (non-hydrogen) atoms. The summed E-state index contributed by atoms with van der Waals surface area (Å²) >= 11 is 0. The third-order valence-corrected chi connectivity index (χ3v) is 8.76. The lowest BCUT2D eigenvalue weighted by atomic mass is 9.85. The molecule has 4 heterocycles. The highest BCUT2D eigenvalue weighted by molar-refractivity contribution is 5.89. The van der Waals surface area contributed by atoms with E-state index in [9.17, 15) is 4.79 Å². The molecule has 1 fully saturated rings. The number of nitrogens with one attached hydrogen (secondary N) is 2. The summed E-state index contributed by atoms with van der Waals surface area (Å²) in [7, 11) is 0. The minimum Gasteiger partial charge on any atom is -0.484 e. The number of hydrogen-bond donors (Lipinski definition) is 2. The number of aromatic nitrogens is 5. The van der Waals surface area contributed by atoms with Gasteiger partial charge >= 0.3 is 6.03 Å². The molecule has 3 aromatic heterocycles. The molecule has 5 aromatic rings. The zero-order chi connectivity index (χ0) is 31.1. The molecule has 2 aromatic carbocycles. The molecule has 2 N–H and O–H groups in total. The standard InChI is InChI=1S/C35H40N8O2/c1-23-11-13-24(14-12-23)43-32(21-30(40-43)35(2,3)4)37-33(44)36-28-16-17-29(27-10-6-5-9-26(27)28)45-25-15-18-31-38-39-34(42(31)22-25)41-19-7-8-20-41/h5-6,9-15,18,21-22,28-29H,7-8,16-17,19-20H2,1-4H3,(H2,36,37,44)/t28-,29+/m0/s1. The lowest BCUT2D eigenvalue weighted by Crippen LogP contribution is -2.36. The predicted octanol–water partition coefficient (Wildman–Crippen LogP) is 6.90. The van der Waals surface area contributed by atoms with Crippen LogP contribution in [0, 0.1) is 6.92 Å². The van der Waals surface area contributed by atoms with E-state index in [4.69, 9.17) is 9.84 Å². The smallest absolute Gasteiger partial charge is 0.320 e. The van der Waals surface area contributed by atoms with Gasteiger partial charge in [-0.15, -0.1) is 10.2 Å². The van der Waals surface area contributed by atoms with Gasteiger partial charge in [-0.25, -0.2) is 9.48 Å². The van der Waals surface area contributed by atoms with E-state index in [-0.39, 0.29) is 23.6 Å². The Kier molecular flexibility index (Phi) is 7.43. The number of ether oxygens (including phenoxy) is 1. The maximum Gasteiger partial charge on any atom is 0.320 e. The van der Waals surface area contributed by atoms with Gasteiger partial charge in [-0.05, 0) is 68.0 Å². The number of aryl methyl sites for hydroxylation is 1. The second kappa shape index (κ2) is 11.6. The van der Waals surface area contributed by atoms with Crippen molar-refractivity contribution in [2.24, 2.45) is 0 Å². The van der Waals surface area contributed by atoms with Crippen molar-refractivity contribution in [1.82, 2.24) is 29.7 Å². The van der Waals surface area contributed by atoms with Crippen LogP contribution in [0.4, 0.5) is 16.6 Å². The molecule has 0 spiro atoms. The molecular formula is C35H40N8O2. The number of nitrogens with zero attached hydrogens (tertiary/aromatic N) is 6. The van der Waals surface area contributed by atoms with Crippen LogP contribution in [0.3, 0.4) is 0 Å². The van der Waals surface area contributed by atoms with E-state index < -0.39 is 0 Å². The number of carbonyl (C=O) groups is 1. The summed E-state index contributed by atoms with van der Waals surface area (Å²) < 4.78 is 10.4. The maximum atomic E-state index is 13.5. The Hall–Kier alpha value is -4.86. The Balaban J connectivity index is 1.09. The first-order valence-corrected chi connectivity index (χ1v) is 15.8. The topological polar surface area (TPSA) is 102 Å². The number of pyridine rings is 1. The molecule has 10 heteroatoms. The number of anilines is 2. The normalized spacial score (nSPS) is 18.2. The lowest BCUT2D eigenvalue weighted by molar-refractivity contribution is 0.171. The fraction of sp³-hybridized carbons (Fsp3) is 0.371. The number of benzene rings is 2. The van der Waals surface area contributed by atoms with Crippen LogP contribution in [-0.2, 0) is 5.41 Å². The zero-order valence-electron chi connectivity index (χ0n) is 26.3. The van der Waals surface area contributed by atoms with Crippen molar-refractivity contribution in [3.63, 3.8) is 0 Å². The quantitative estimate of drug-likeness (QED) is 0.219. The van der Waals surface area contributed by atoms with E-state index in [1.807, 2.05) is 65.2 Å². The first-order valence-electron chi connectivity index (χ1n) is 15.8.